The maximum absolute atomic E-state index is 11.2. The molecular formula is C9H15NO3. The minimum atomic E-state index is -0.727. The van der Waals surface area contributed by atoms with Crippen LogP contribution in [0.3, 0.4) is 0 Å². The highest BCUT2D eigenvalue weighted by molar-refractivity contribution is 5.79. The molecule has 2 N–H and O–H groups in total. The van der Waals surface area contributed by atoms with Crippen LogP contribution in [-0.4, -0.2) is 24.0 Å². The molecule has 0 aromatic rings. The minimum absolute atomic E-state index is 0.0283. The van der Waals surface area contributed by atoms with Crippen molar-refractivity contribution in [2.75, 3.05) is 7.05 Å². The molecular weight excluding hydrogens is 170 g/mol. The summed E-state index contributed by atoms with van der Waals surface area (Å²) in [5, 5.41) is 11.3. The van der Waals surface area contributed by atoms with E-state index >= 15 is 0 Å². The summed E-state index contributed by atoms with van der Waals surface area (Å²) < 4.78 is 0. The molecule has 0 radical (unpaired) electrons. The Morgan fingerprint density at radius 1 is 1.15 bits per heavy atom. The number of aliphatic carboxylic acids is 1. The number of carboxylic acids is 1. The van der Waals surface area contributed by atoms with Crippen LogP contribution in [0.25, 0.3) is 0 Å². The molecule has 0 unspecified atom stereocenters. The van der Waals surface area contributed by atoms with Crippen molar-refractivity contribution in [1.82, 2.24) is 5.32 Å². The van der Waals surface area contributed by atoms with Gasteiger partial charge in [0, 0.05) is 13.0 Å². The molecule has 0 aromatic heterocycles. The Bertz CT molecular complexity index is 207. The molecule has 4 nitrogen and oxygen atoms in total. The summed E-state index contributed by atoms with van der Waals surface area (Å²) in [6.07, 6.45) is 2.67. The lowest BCUT2D eigenvalue weighted by molar-refractivity contribution is -0.144. The first kappa shape index (κ1) is 10.0. The fraction of sp³-hybridized carbons (Fsp3) is 0.778. The minimum Gasteiger partial charge on any atom is -0.481 e. The van der Waals surface area contributed by atoms with Gasteiger partial charge in [0.2, 0.25) is 5.91 Å². The highest BCUT2D eigenvalue weighted by Gasteiger charge is 2.28. The average molecular weight is 185 g/mol. The first-order valence-electron chi connectivity index (χ1n) is 4.59. The van der Waals surface area contributed by atoms with Gasteiger partial charge >= 0.3 is 5.97 Å². The molecule has 0 heterocycles. The quantitative estimate of drug-likeness (QED) is 0.662. The van der Waals surface area contributed by atoms with Crippen molar-refractivity contribution >= 4 is 11.9 Å². The largest absolute Gasteiger partial charge is 0.481 e. The molecule has 1 amide bonds. The number of carboxylic acid groups (broad SMARTS) is 1. The van der Waals surface area contributed by atoms with E-state index in [0.29, 0.717) is 25.7 Å². The first-order valence-corrected chi connectivity index (χ1v) is 4.59. The van der Waals surface area contributed by atoms with Gasteiger partial charge in [-0.3, -0.25) is 9.59 Å². The molecule has 0 aliphatic heterocycles. The second-order valence-corrected chi connectivity index (χ2v) is 3.50. The zero-order valence-electron chi connectivity index (χ0n) is 7.75. The predicted molar refractivity (Wildman–Crippen MR) is 47.2 cm³/mol. The van der Waals surface area contributed by atoms with E-state index in [1.165, 1.54) is 0 Å². The smallest absolute Gasteiger partial charge is 0.306 e. The third kappa shape index (κ3) is 2.44. The van der Waals surface area contributed by atoms with Crippen LogP contribution in [0.4, 0.5) is 0 Å². The Labute approximate surface area is 77.3 Å². The van der Waals surface area contributed by atoms with E-state index in [1.807, 2.05) is 0 Å². The SMILES string of the molecule is CNC(=O)C1CCC(C(=O)O)CC1. The summed E-state index contributed by atoms with van der Waals surface area (Å²) in [4.78, 5) is 21.8. The molecule has 0 bridgehead atoms. The molecule has 0 spiro atoms. The summed E-state index contributed by atoms with van der Waals surface area (Å²) in [5.74, 6) is -0.888. The van der Waals surface area contributed by atoms with E-state index in [9.17, 15) is 9.59 Å². The number of carbonyl (C=O) groups excluding carboxylic acids is 1. The van der Waals surface area contributed by atoms with Crippen LogP contribution in [0, 0.1) is 11.8 Å². The van der Waals surface area contributed by atoms with E-state index in [-0.39, 0.29) is 17.7 Å². The van der Waals surface area contributed by atoms with E-state index in [4.69, 9.17) is 5.11 Å². The first-order chi connectivity index (χ1) is 6.15. The van der Waals surface area contributed by atoms with Gasteiger partial charge in [-0.2, -0.15) is 0 Å². The summed E-state index contributed by atoms with van der Waals surface area (Å²) >= 11 is 0. The van der Waals surface area contributed by atoms with Crippen LogP contribution < -0.4 is 5.32 Å². The van der Waals surface area contributed by atoms with Crippen LogP contribution in [0.15, 0.2) is 0 Å². The van der Waals surface area contributed by atoms with Gasteiger partial charge in [-0.1, -0.05) is 0 Å². The van der Waals surface area contributed by atoms with Gasteiger partial charge in [0.15, 0.2) is 0 Å². The van der Waals surface area contributed by atoms with E-state index in [1.54, 1.807) is 7.05 Å². The van der Waals surface area contributed by atoms with Gasteiger partial charge in [0.1, 0.15) is 0 Å². The highest BCUT2D eigenvalue weighted by Crippen LogP contribution is 2.28. The molecule has 0 atom stereocenters. The van der Waals surface area contributed by atoms with Gasteiger partial charge in [0.25, 0.3) is 0 Å². The van der Waals surface area contributed by atoms with E-state index in [2.05, 4.69) is 5.32 Å². The second-order valence-electron chi connectivity index (χ2n) is 3.50. The van der Waals surface area contributed by atoms with Crippen molar-refractivity contribution in [3.63, 3.8) is 0 Å². The summed E-state index contributed by atoms with van der Waals surface area (Å²) in [7, 11) is 1.62. The number of hydrogen-bond acceptors (Lipinski definition) is 2. The standard InChI is InChI=1S/C9H15NO3/c1-10-8(11)6-2-4-7(5-3-6)9(12)13/h6-7H,2-5H2,1H3,(H,10,11)(H,12,13). The lowest BCUT2D eigenvalue weighted by atomic mass is 9.82. The third-order valence-electron chi connectivity index (χ3n) is 2.69. The number of carbonyl (C=O) groups is 2. The van der Waals surface area contributed by atoms with Crippen molar-refractivity contribution in [2.45, 2.75) is 25.7 Å². The topological polar surface area (TPSA) is 66.4 Å². The molecule has 1 aliphatic carbocycles. The van der Waals surface area contributed by atoms with Crippen molar-refractivity contribution in [1.29, 1.82) is 0 Å². The van der Waals surface area contributed by atoms with Gasteiger partial charge in [-0.05, 0) is 25.7 Å². The van der Waals surface area contributed by atoms with Crippen LogP contribution in [0.1, 0.15) is 25.7 Å². The number of nitrogens with one attached hydrogen (secondary N) is 1. The lowest BCUT2D eigenvalue weighted by Crippen LogP contribution is -2.32. The van der Waals surface area contributed by atoms with Crippen LogP contribution in [0.5, 0.6) is 0 Å². The highest BCUT2D eigenvalue weighted by atomic mass is 16.4. The second kappa shape index (κ2) is 4.25. The summed E-state index contributed by atoms with van der Waals surface area (Å²) in [6.45, 7) is 0. The molecule has 4 heteroatoms. The van der Waals surface area contributed by atoms with E-state index < -0.39 is 5.97 Å². The number of rotatable bonds is 2. The molecule has 1 rings (SSSR count). The van der Waals surface area contributed by atoms with Crippen LogP contribution in [0.2, 0.25) is 0 Å². The Morgan fingerprint density at radius 2 is 1.62 bits per heavy atom. The molecule has 0 saturated heterocycles. The molecule has 1 saturated carbocycles. The molecule has 13 heavy (non-hydrogen) atoms. The molecule has 0 aromatic carbocycles. The van der Waals surface area contributed by atoms with Crippen LogP contribution in [-0.2, 0) is 9.59 Å². The third-order valence-corrected chi connectivity index (χ3v) is 2.69. The summed E-state index contributed by atoms with van der Waals surface area (Å²) in [5.41, 5.74) is 0. The predicted octanol–water partition coefficient (Wildman–Crippen LogP) is 0.623. The van der Waals surface area contributed by atoms with Crippen molar-refractivity contribution in [3.8, 4) is 0 Å². The molecule has 74 valence electrons. The lowest BCUT2D eigenvalue weighted by Gasteiger charge is -2.24. The van der Waals surface area contributed by atoms with Gasteiger partial charge < -0.3 is 10.4 Å². The van der Waals surface area contributed by atoms with Gasteiger partial charge in [-0.25, -0.2) is 0 Å². The maximum atomic E-state index is 11.2. The molecule has 1 fully saturated rings. The van der Waals surface area contributed by atoms with Gasteiger partial charge in [0.05, 0.1) is 5.92 Å². The normalized spacial score (nSPS) is 28.1. The zero-order chi connectivity index (χ0) is 9.84. The average Bonchev–Trinajstić information content (AvgIpc) is 2.17. The van der Waals surface area contributed by atoms with Crippen molar-refractivity contribution in [2.24, 2.45) is 11.8 Å². The Kier molecular flexibility index (Phi) is 3.28. The number of amides is 1. The zero-order valence-corrected chi connectivity index (χ0v) is 7.75. The Balaban J connectivity index is 2.39. The fourth-order valence-corrected chi connectivity index (χ4v) is 1.81. The number of hydrogen-bond donors (Lipinski definition) is 2. The monoisotopic (exact) mass is 185 g/mol. The molecule has 1 aliphatic rings. The Hall–Kier alpha value is -1.06. The van der Waals surface area contributed by atoms with Crippen molar-refractivity contribution < 1.29 is 14.7 Å². The maximum Gasteiger partial charge on any atom is 0.306 e. The van der Waals surface area contributed by atoms with Crippen molar-refractivity contribution in [3.05, 3.63) is 0 Å². The van der Waals surface area contributed by atoms with E-state index in [0.717, 1.165) is 0 Å². The fourth-order valence-electron chi connectivity index (χ4n) is 1.81. The van der Waals surface area contributed by atoms with Crippen LogP contribution >= 0.6 is 0 Å². The Morgan fingerprint density at radius 3 is 2.00 bits per heavy atom. The summed E-state index contributed by atoms with van der Waals surface area (Å²) in [6, 6.07) is 0. The van der Waals surface area contributed by atoms with Gasteiger partial charge in [-0.15, -0.1) is 0 Å².